The summed E-state index contributed by atoms with van der Waals surface area (Å²) >= 11 is 0. The van der Waals surface area contributed by atoms with Gasteiger partial charge in [0.05, 0.1) is 38.8 Å². The predicted molar refractivity (Wildman–Crippen MR) is 172 cm³/mol. The number of benzene rings is 5. The SMILES string of the molecule is O=S(=O)(c1ccccc1)n1c(-c2cccc(CO)c2-c2cc3ccccc3n2S(=O)(=O)c2ccccc2)cc2ccccc21. The molecule has 0 aliphatic heterocycles. The van der Waals surface area contributed by atoms with Crippen molar-refractivity contribution in [3.8, 4) is 22.5 Å². The number of aliphatic hydroxyl groups excluding tert-OH is 1. The Morgan fingerprint density at radius 3 is 1.48 bits per heavy atom. The molecule has 0 saturated heterocycles. The van der Waals surface area contributed by atoms with Gasteiger partial charge in [0, 0.05) is 21.9 Å². The molecule has 0 aliphatic carbocycles. The lowest BCUT2D eigenvalue weighted by atomic mass is 9.96. The highest BCUT2D eigenvalue weighted by Crippen LogP contribution is 2.42. The molecule has 0 saturated carbocycles. The van der Waals surface area contributed by atoms with Gasteiger partial charge in [0.2, 0.25) is 0 Å². The smallest absolute Gasteiger partial charge is 0.268 e. The number of hydrogen-bond acceptors (Lipinski definition) is 5. The van der Waals surface area contributed by atoms with Crippen LogP contribution in [0.15, 0.2) is 149 Å². The highest BCUT2D eigenvalue weighted by atomic mass is 32.2. The molecule has 5 aromatic carbocycles. The number of aromatic nitrogens is 2. The topological polar surface area (TPSA) is 98.4 Å². The molecule has 0 fully saturated rings. The Balaban J connectivity index is 1.60. The van der Waals surface area contributed by atoms with Crippen LogP contribution >= 0.6 is 0 Å². The molecule has 0 unspecified atom stereocenters. The normalized spacial score (nSPS) is 12.2. The van der Waals surface area contributed by atoms with Crippen molar-refractivity contribution in [2.45, 2.75) is 16.4 Å². The number of fused-ring (bicyclic) bond motifs is 2. The second kappa shape index (κ2) is 10.6. The zero-order valence-electron chi connectivity index (χ0n) is 23.3. The molecule has 0 radical (unpaired) electrons. The molecule has 7 nitrogen and oxygen atoms in total. The fourth-order valence-corrected chi connectivity index (χ4v) is 8.87. The lowest BCUT2D eigenvalue weighted by Crippen LogP contribution is -2.16. The zero-order valence-corrected chi connectivity index (χ0v) is 24.9. The molecule has 9 heteroatoms. The summed E-state index contributed by atoms with van der Waals surface area (Å²) in [5.74, 6) is 0. The summed E-state index contributed by atoms with van der Waals surface area (Å²) in [6.45, 7) is -0.401. The average molecular weight is 619 g/mol. The molecular formula is C35H26N2O5S2. The Hall–Kier alpha value is -4.96. The molecule has 7 rings (SSSR count). The van der Waals surface area contributed by atoms with Crippen molar-refractivity contribution in [2.75, 3.05) is 0 Å². The van der Waals surface area contributed by atoms with Crippen molar-refractivity contribution >= 4 is 41.9 Å². The monoisotopic (exact) mass is 618 g/mol. The van der Waals surface area contributed by atoms with Crippen LogP contribution in [0.3, 0.4) is 0 Å². The van der Waals surface area contributed by atoms with Gasteiger partial charge in [0.25, 0.3) is 20.0 Å². The minimum atomic E-state index is -4.12. The number of hydrogen-bond donors (Lipinski definition) is 1. The summed E-state index contributed by atoms with van der Waals surface area (Å²) in [6, 6.07) is 39.5. The van der Waals surface area contributed by atoms with Crippen molar-refractivity contribution in [2.24, 2.45) is 0 Å². The van der Waals surface area contributed by atoms with Gasteiger partial charge >= 0.3 is 0 Å². The van der Waals surface area contributed by atoms with Gasteiger partial charge in [0.1, 0.15) is 0 Å². The molecule has 0 spiro atoms. The van der Waals surface area contributed by atoms with Crippen molar-refractivity contribution in [3.63, 3.8) is 0 Å². The minimum absolute atomic E-state index is 0.103. The van der Waals surface area contributed by atoms with Crippen molar-refractivity contribution in [3.05, 3.63) is 145 Å². The highest BCUT2D eigenvalue weighted by Gasteiger charge is 2.29. The molecule has 2 heterocycles. The summed E-state index contributed by atoms with van der Waals surface area (Å²) < 4.78 is 59.7. The quantitative estimate of drug-likeness (QED) is 0.210. The van der Waals surface area contributed by atoms with E-state index in [1.807, 2.05) is 24.3 Å². The maximum absolute atomic E-state index is 14.3. The van der Waals surface area contributed by atoms with Gasteiger partial charge in [-0.2, -0.15) is 0 Å². The first-order valence-corrected chi connectivity index (χ1v) is 16.8. The lowest BCUT2D eigenvalue weighted by Gasteiger charge is -2.19. The third kappa shape index (κ3) is 4.36. The Morgan fingerprint density at radius 1 is 0.500 bits per heavy atom. The van der Waals surface area contributed by atoms with E-state index in [4.69, 9.17) is 0 Å². The number of nitrogens with zero attached hydrogens (tertiary/aromatic N) is 2. The van der Waals surface area contributed by atoms with E-state index in [9.17, 15) is 21.9 Å². The standard InChI is InChI=1S/C35H26N2O5S2/c38-24-27-14-11-19-30(33-22-25-12-7-9-20-31(25)36(33)43(39,40)28-15-3-1-4-16-28)35(27)34-23-26-13-8-10-21-32(26)37(34)44(41,42)29-17-5-2-6-18-29/h1-23,38H,24H2. The number of para-hydroxylation sites is 2. The van der Waals surface area contributed by atoms with E-state index in [0.717, 1.165) is 0 Å². The van der Waals surface area contributed by atoms with E-state index in [2.05, 4.69) is 0 Å². The van der Waals surface area contributed by atoms with E-state index in [1.165, 1.54) is 20.1 Å². The predicted octanol–water partition coefficient (Wildman–Crippen LogP) is 6.90. The molecule has 0 bridgehead atoms. The summed E-state index contributed by atoms with van der Waals surface area (Å²) in [6.07, 6.45) is 0. The van der Waals surface area contributed by atoms with Gasteiger partial charge in [-0.3, -0.25) is 0 Å². The number of rotatable bonds is 7. The van der Waals surface area contributed by atoms with E-state index in [0.29, 0.717) is 49.9 Å². The average Bonchev–Trinajstić information content (AvgIpc) is 3.65. The van der Waals surface area contributed by atoms with Crippen LogP contribution in [0.5, 0.6) is 0 Å². The molecule has 1 N–H and O–H groups in total. The summed E-state index contributed by atoms with van der Waals surface area (Å²) in [5, 5.41) is 12.0. The molecule has 0 atom stereocenters. The highest BCUT2D eigenvalue weighted by molar-refractivity contribution is 7.90. The van der Waals surface area contributed by atoms with E-state index < -0.39 is 26.7 Å². The summed E-state index contributed by atoms with van der Waals surface area (Å²) in [4.78, 5) is 0.217. The fourth-order valence-electron chi connectivity index (χ4n) is 5.78. The Labute approximate surface area is 255 Å². The Kier molecular flexibility index (Phi) is 6.73. The lowest BCUT2D eigenvalue weighted by molar-refractivity contribution is 0.282. The van der Waals surface area contributed by atoms with E-state index >= 15 is 0 Å². The van der Waals surface area contributed by atoms with Gasteiger partial charge < -0.3 is 5.11 Å². The van der Waals surface area contributed by atoms with Gasteiger partial charge in [-0.1, -0.05) is 91.0 Å². The first kappa shape index (κ1) is 27.8. The van der Waals surface area contributed by atoms with Crippen LogP contribution in [0.2, 0.25) is 0 Å². The van der Waals surface area contributed by atoms with Crippen LogP contribution in [0, 0.1) is 0 Å². The van der Waals surface area contributed by atoms with Crippen molar-refractivity contribution < 1.29 is 21.9 Å². The molecule has 0 aliphatic rings. The van der Waals surface area contributed by atoms with Crippen LogP contribution < -0.4 is 0 Å². The third-order valence-corrected chi connectivity index (χ3v) is 11.2. The molecule has 2 aromatic heterocycles. The minimum Gasteiger partial charge on any atom is -0.392 e. The van der Waals surface area contributed by atoms with Gasteiger partial charge in [-0.15, -0.1) is 0 Å². The maximum Gasteiger partial charge on any atom is 0.268 e. The molecule has 44 heavy (non-hydrogen) atoms. The van der Waals surface area contributed by atoms with Crippen LogP contribution in [0.4, 0.5) is 0 Å². The number of aliphatic hydroxyl groups is 1. The van der Waals surface area contributed by atoms with Crippen LogP contribution in [0.25, 0.3) is 44.3 Å². The first-order chi connectivity index (χ1) is 21.3. The molecule has 0 amide bonds. The third-order valence-electron chi connectivity index (χ3n) is 7.75. The molecule has 218 valence electrons. The largest absolute Gasteiger partial charge is 0.392 e. The van der Waals surface area contributed by atoms with Gasteiger partial charge in [0.15, 0.2) is 0 Å². The summed E-state index contributed by atoms with van der Waals surface area (Å²) in [5.41, 5.74) is 2.91. The first-order valence-electron chi connectivity index (χ1n) is 13.9. The Morgan fingerprint density at radius 2 is 0.955 bits per heavy atom. The second-order valence-electron chi connectivity index (χ2n) is 10.3. The van der Waals surface area contributed by atoms with Crippen molar-refractivity contribution in [1.29, 1.82) is 0 Å². The molecular weight excluding hydrogens is 593 g/mol. The van der Waals surface area contributed by atoms with E-state index in [1.54, 1.807) is 103 Å². The molecule has 7 aromatic rings. The van der Waals surface area contributed by atoms with Crippen LogP contribution in [0.1, 0.15) is 5.56 Å². The Bertz CT molecular complexity index is 2390. The van der Waals surface area contributed by atoms with Crippen LogP contribution in [-0.2, 0) is 26.7 Å². The van der Waals surface area contributed by atoms with Crippen molar-refractivity contribution in [1.82, 2.24) is 7.94 Å². The van der Waals surface area contributed by atoms with Gasteiger partial charge in [-0.05, 0) is 54.1 Å². The van der Waals surface area contributed by atoms with Gasteiger partial charge in [-0.25, -0.2) is 24.8 Å². The summed E-state index contributed by atoms with van der Waals surface area (Å²) in [7, 11) is -8.22. The maximum atomic E-state index is 14.3. The van der Waals surface area contributed by atoms with E-state index in [-0.39, 0.29) is 9.79 Å². The zero-order chi connectivity index (χ0) is 30.5. The fraction of sp³-hybridized carbons (Fsp3) is 0.0286. The second-order valence-corrected chi connectivity index (χ2v) is 13.9. The van der Waals surface area contributed by atoms with Crippen LogP contribution in [-0.4, -0.2) is 29.9 Å².